The molecule has 0 unspecified atom stereocenters. The SMILES string of the molecule is COC(=O)c1cccc(C(=O)N2CCN(C(=O)c3cc4cc(Cl)ccc4[nH]3)CC2)c1. The molecule has 2 amide bonds. The summed E-state index contributed by atoms with van der Waals surface area (Å²) in [4.78, 5) is 43.9. The van der Waals surface area contributed by atoms with Crippen molar-refractivity contribution < 1.29 is 19.1 Å². The lowest BCUT2D eigenvalue weighted by Crippen LogP contribution is -2.50. The molecule has 4 rings (SSSR count). The lowest BCUT2D eigenvalue weighted by atomic mass is 10.1. The van der Waals surface area contributed by atoms with Crippen LogP contribution in [0.15, 0.2) is 48.5 Å². The Morgan fingerprint density at radius 1 is 0.900 bits per heavy atom. The highest BCUT2D eigenvalue weighted by Crippen LogP contribution is 2.21. The summed E-state index contributed by atoms with van der Waals surface area (Å²) >= 11 is 6.02. The lowest BCUT2D eigenvalue weighted by Gasteiger charge is -2.34. The van der Waals surface area contributed by atoms with Crippen LogP contribution in [0.4, 0.5) is 0 Å². The molecule has 1 aliphatic heterocycles. The van der Waals surface area contributed by atoms with Gasteiger partial charge in [0.15, 0.2) is 0 Å². The molecule has 0 bridgehead atoms. The first-order valence-corrected chi connectivity index (χ1v) is 9.89. The predicted molar refractivity (Wildman–Crippen MR) is 113 cm³/mol. The van der Waals surface area contributed by atoms with Crippen molar-refractivity contribution in [1.82, 2.24) is 14.8 Å². The molecule has 1 N–H and O–H groups in total. The largest absolute Gasteiger partial charge is 0.465 e. The van der Waals surface area contributed by atoms with Gasteiger partial charge in [-0.25, -0.2) is 4.79 Å². The minimum atomic E-state index is -0.486. The zero-order valence-electron chi connectivity index (χ0n) is 16.4. The molecule has 0 atom stereocenters. The standard InChI is InChI=1S/C22H20ClN3O4/c1-30-22(29)15-4-2-3-14(11-15)20(27)25-7-9-26(10-8-25)21(28)19-13-16-12-17(23)5-6-18(16)24-19/h2-6,11-13,24H,7-10H2,1H3. The molecule has 154 valence electrons. The number of halogens is 1. The van der Waals surface area contributed by atoms with Gasteiger partial charge in [-0.2, -0.15) is 0 Å². The Kier molecular flexibility index (Phi) is 5.46. The van der Waals surface area contributed by atoms with Crippen molar-refractivity contribution in [2.45, 2.75) is 0 Å². The number of H-pyrrole nitrogens is 1. The predicted octanol–water partition coefficient (Wildman–Crippen LogP) is 3.21. The smallest absolute Gasteiger partial charge is 0.337 e. The molecular formula is C22H20ClN3O4. The van der Waals surface area contributed by atoms with Gasteiger partial charge < -0.3 is 19.5 Å². The van der Waals surface area contributed by atoms with E-state index >= 15 is 0 Å². The first kappa shape index (κ1) is 20.0. The van der Waals surface area contributed by atoms with Crippen molar-refractivity contribution in [1.29, 1.82) is 0 Å². The maximum absolute atomic E-state index is 12.9. The van der Waals surface area contributed by atoms with Crippen LogP contribution in [0, 0.1) is 0 Å². The number of piperazine rings is 1. The number of carbonyl (C=O) groups excluding carboxylic acids is 3. The molecule has 2 aromatic carbocycles. The minimum absolute atomic E-state index is 0.109. The van der Waals surface area contributed by atoms with E-state index < -0.39 is 5.97 Å². The van der Waals surface area contributed by atoms with Crippen molar-refractivity contribution in [2.24, 2.45) is 0 Å². The number of carbonyl (C=O) groups is 3. The van der Waals surface area contributed by atoms with E-state index in [-0.39, 0.29) is 11.8 Å². The van der Waals surface area contributed by atoms with Crippen LogP contribution in [0.1, 0.15) is 31.2 Å². The summed E-state index contributed by atoms with van der Waals surface area (Å²) in [6.45, 7) is 1.69. The van der Waals surface area contributed by atoms with Crippen LogP contribution in [0.2, 0.25) is 5.02 Å². The summed E-state index contributed by atoms with van der Waals surface area (Å²) < 4.78 is 4.71. The fourth-order valence-corrected chi connectivity index (χ4v) is 3.76. The summed E-state index contributed by atoms with van der Waals surface area (Å²) in [5, 5.41) is 1.49. The third-order valence-corrected chi connectivity index (χ3v) is 5.43. The Morgan fingerprint density at radius 2 is 1.57 bits per heavy atom. The van der Waals surface area contributed by atoms with Crippen molar-refractivity contribution in [3.05, 3.63) is 70.4 Å². The fraction of sp³-hybridized carbons (Fsp3) is 0.227. The summed E-state index contributed by atoms with van der Waals surface area (Å²) in [6, 6.07) is 13.7. The molecule has 7 nitrogen and oxygen atoms in total. The number of aromatic nitrogens is 1. The highest BCUT2D eigenvalue weighted by atomic mass is 35.5. The molecule has 3 aromatic rings. The molecule has 1 fully saturated rings. The number of benzene rings is 2. The average Bonchev–Trinajstić information content (AvgIpc) is 3.21. The highest BCUT2D eigenvalue weighted by Gasteiger charge is 2.26. The topological polar surface area (TPSA) is 82.7 Å². The van der Waals surface area contributed by atoms with Crippen LogP contribution in [0.5, 0.6) is 0 Å². The Bertz CT molecular complexity index is 1130. The lowest BCUT2D eigenvalue weighted by molar-refractivity contribution is 0.0532. The van der Waals surface area contributed by atoms with Crippen molar-refractivity contribution in [3.63, 3.8) is 0 Å². The number of amides is 2. The van der Waals surface area contributed by atoms with Crippen LogP contribution in [-0.2, 0) is 4.74 Å². The summed E-state index contributed by atoms with van der Waals surface area (Å²) in [6.07, 6.45) is 0. The zero-order valence-corrected chi connectivity index (χ0v) is 17.1. The molecule has 0 radical (unpaired) electrons. The van der Waals surface area contributed by atoms with E-state index in [0.29, 0.717) is 48.0 Å². The second kappa shape index (κ2) is 8.20. The van der Waals surface area contributed by atoms with Crippen molar-refractivity contribution in [2.75, 3.05) is 33.3 Å². The van der Waals surface area contributed by atoms with Crippen LogP contribution in [0.3, 0.4) is 0 Å². The van der Waals surface area contributed by atoms with Gasteiger partial charge in [-0.15, -0.1) is 0 Å². The normalized spacial score (nSPS) is 14.1. The number of ether oxygens (including phenoxy) is 1. The van der Waals surface area contributed by atoms with E-state index in [2.05, 4.69) is 4.98 Å². The number of nitrogens with one attached hydrogen (secondary N) is 1. The number of hydrogen-bond acceptors (Lipinski definition) is 4. The van der Waals surface area contributed by atoms with E-state index in [4.69, 9.17) is 16.3 Å². The summed E-state index contributed by atoms with van der Waals surface area (Å²) in [7, 11) is 1.30. The Labute approximate surface area is 178 Å². The van der Waals surface area contributed by atoms with Gasteiger partial charge in [0.25, 0.3) is 11.8 Å². The second-order valence-corrected chi connectivity index (χ2v) is 7.51. The van der Waals surface area contributed by atoms with E-state index in [9.17, 15) is 14.4 Å². The molecule has 1 aliphatic rings. The number of methoxy groups -OCH3 is 1. The molecule has 0 saturated carbocycles. The number of rotatable bonds is 3. The van der Waals surface area contributed by atoms with Crippen LogP contribution < -0.4 is 0 Å². The van der Waals surface area contributed by atoms with Gasteiger partial charge in [0.1, 0.15) is 5.69 Å². The summed E-state index contributed by atoms with van der Waals surface area (Å²) in [5.74, 6) is -0.769. The third kappa shape index (κ3) is 3.89. The minimum Gasteiger partial charge on any atom is -0.465 e. The van der Waals surface area contributed by atoms with Crippen molar-refractivity contribution in [3.8, 4) is 0 Å². The maximum Gasteiger partial charge on any atom is 0.337 e. The summed E-state index contributed by atoms with van der Waals surface area (Å²) in [5.41, 5.74) is 2.10. The van der Waals surface area contributed by atoms with Gasteiger partial charge in [-0.1, -0.05) is 17.7 Å². The molecule has 1 saturated heterocycles. The van der Waals surface area contributed by atoms with Gasteiger partial charge in [-0.3, -0.25) is 9.59 Å². The van der Waals surface area contributed by atoms with E-state index in [1.165, 1.54) is 13.2 Å². The van der Waals surface area contributed by atoms with Gasteiger partial charge in [-0.05, 0) is 42.5 Å². The second-order valence-electron chi connectivity index (χ2n) is 7.07. The molecular weight excluding hydrogens is 406 g/mol. The first-order chi connectivity index (χ1) is 14.5. The van der Waals surface area contributed by atoms with E-state index in [1.54, 1.807) is 40.1 Å². The van der Waals surface area contributed by atoms with Crippen LogP contribution in [0.25, 0.3) is 10.9 Å². The van der Waals surface area contributed by atoms with Crippen molar-refractivity contribution >= 4 is 40.3 Å². The van der Waals surface area contributed by atoms with Crippen LogP contribution >= 0.6 is 11.6 Å². The third-order valence-electron chi connectivity index (χ3n) is 5.20. The molecule has 0 aliphatic carbocycles. The fourth-order valence-electron chi connectivity index (χ4n) is 3.58. The molecule has 1 aromatic heterocycles. The molecule has 8 heteroatoms. The van der Waals surface area contributed by atoms with Gasteiger partial charge in [0.2, 0.25) is 0 Å². The van der Waals surface area contributed by atoms with E-state index in [0.717, 1.165) is 10.9 Å². The quantitative estimate of drug-likeness (QED) is 0.653. The number of aromatic amines is 1. The first-order valence-electron chi connectivity index (χ1n) is 9.51. The van der Waals surface area contributed by atoms with Gasteiger partial charge >= 0.3 is 5.97 Å². The number of esters is 1. The van der Waals surface area contributed by atoms with E-state index in [1.807, 2.05) is 12.1 Å². The van der Waals surface area contributed by atoms with Crippen LogP contribution in [-0.4, -0.2) is 65.9 Å². The molecule has 0 spiro atoms. The van der Waals surface area contributed by atoms with Gasteiger partial charge in [0, 0.05) is 47.7 Å². The molecule has 2 heterocycles. The number of hydrogen-bond donors (Lipinski definition) is 1. The van der Waals surface area contributed by atoms with Gasteiger partial charge in [0.05, 0.1) is 12.7 Å². The molecule has 30 heavy (non-hydrogen) atoms. The monoisotopic (exact) mass is 425 g/mol. The average molecular weight is 426 g/mol. The Balaban J connectivity index is 1.42. The highest BCUT2D eigenvalue weighted by molar-refractivity contribution is 6.31. The number of nitrogens with zero attached hydrogens (tertiary/aromatic N) is 2. The Hall–Kier alpha value is -3.32. The Morgan fingerprint density at radius 3 is 2.27 bits per heavy atom. The maximum atomic E-state index is 12.9. The zero-order chi connectivity index (χ0) is 21.3. The number of fused-ring (bicyclic) bond motifs is 1.